The molecule has 1 heterocycles. The van der Waals surface area contributed by atoms with Crippen LogP contribution in [-0.2, 0) is 0 Å². The average Bonchev–Trinajstić information content (AvgIpc) is 2.47. The first-order valence-electron chi connectivity index (χ1n) is 5.36. The maximum atomic E-state index is 13.5. The third-order valence-corrected chi connectivity index (χ3v) is 2.84. The molecule has 0 bridgehead atoms. The first-order valence-corrected chi connectivity index (χ1v) is 5.36. The molecule has 1 aromatic carbocycles. The first-order chi connectivity index (χ1) is 6.88. The SMILES string of the molecule is Fc1ccccc1[C@H]1CCCCCN1. The summed E-state index contributed by atoms with van der Waals surface area (Å²) >= 11 is 0. The van der Waals surface area contributed by atoms with Gasteiger partial charge in [0, 0.05) is 11.6 Å². The van der Waals surface area contributed by atoms with Crippen LogP contribution < -0.4 is 5.32 Å². The average molecular weight is 193 g/mol. The highest BCUT2D eigenvalue weighted by Crippen LogP contribution is 2.24. The van der Waals surface area contributed by atoms with Crippen molar-refractivity contribution in [3.8, 4) is 0 Å². The predicted molar refractivity (Wildman–Crippen MR) is 55.6 cm³/mol. The summed E-state index contributed by atoms with van der Waals surface area (Å²) in [4.78, 5) is 0. The van der Waals surface area contributed by atoms with Crippen molar-refractivity contribution in [1.82, 2.24) is 5.32 Å². The second kappa shape index (κ2) is 4.56. The van der Waals surface area contributed by atoms with E-state index in [9.17, 15) is 4.39 Å². The highest BCUT2D eigenvalue weighted by Gasteiger charge is 2.16. The summed E-state index contributed by atoms with van der Waals surface area (Å²) in [6.07, 6.45) is 4.73. The van der Waals surface area contributed by atoms with E-state index in [4.69, 9.17) is 0 Å². The molecule has 0 aromatic heterocycles. The molecule has 1 N–H and O–H groups in total. The van der Waals surface area contributed by atoms with Gasteiger partial charge in [0.05, 0.1) is 0 Å². The minimum atomic E-state index is -0.0769. The Morgan fingerprint density at radius 1 is 1.14 bits per heavy atom. The van der Waals surface area contributed by atoms with Crippen molar-refractivity contribution in [3.63, 3.8) is 0 Å². The molecule has 2 rings (SSSR count). The summed E-state index contributed by atoms with van der Waals surface area (Å²) in [5.41, 5.74) is 0.828. The molecular weight excluding hydrogens is 177 g/mol. The Labute approximate surface area is 84.3 Å². The van der Waals surface area contributed by atoms with Crippen LogP contribution >= 0.6 is 0 Å². The lowest BCUT2D eigenvalue weighted by Crippen LogP contribution is -2.21. The molecule has 0 radical (unpaired) electrons. The highest BCUT2D eigenvalue weighted by atomic mass is 19.1. The van der Waals surface area contributed by atoms with Gasteiger partial charge in [-0.1, -0.05) is 31.0 Å². The number of benzene rings is 1. The van der Waals surface area contributed by atoms with Crippen LogP contribution in [0.25, 0.3) is 0 Å². The Balaban J connectivity index is 2.16. The molecule has 1 aliphatic heterocycles. The maximum Gasteiger partial charge on any atom is 0.127 e. The minimum Gasteiger partial charge on any atom is -0.310 e. The van der Waals surface area contributed by atoms with E-state index in [1.165, 1.54) is 19.3 Å². The van der Waals surface area contributed by atoms with Gasteiger partial charge in [-0.2, -0.15) is 0 Å². The zero-order valence-electron chi connectivity index (χ0n) is 8.30. The van der Waals surface area contributed by atoms with E-state index in [1.54, 1.807) is 12.1 Å². The van der Waals surface area contributed by atoms with Crippen LogP contribution in [0.2, 0.25) is 0 Å². The van der Waals surface area contributed by atoms with Gasteiger partial charge in [-0.3, -0.25) is 0 Å². The van der Waals surface area contributed by atoms with Crippen molar-refractivity contribution >= 4 is 0 Å². The lowest BCUT2D eigenvalue weighted by Gasteiger charge is -2.16. The van der Waals surface area contributed by atoms with E-state index in [1.807, 2.05) is 12.1 Å². The number of hydrogen-bond acceptors (Lipinski definition) is 1. The Morgan fingerprint density at radius 3 is 2.86 bits per heavy atom. The third-order valence-electron chi connectivity index (χ3n) is 2.84. The summed E-state index contributed by atoms with van der Waals surface area (Å²) in [7, 11) is 0. The van der Waals surface area contributed by atoms with E-state index in [-0.39, 0.29) is 11.9 Å². The lowest BCUT2D eigenvalue weighted by molar-refractivity contribution is 0.499. The summed E-state index contributed by atoms with van der Waals surface area (Å²) < 4.78 is 13.5. The quantitative estimate of drug-likeness (QED) is 0.723. The Hall–Kier alpha value is -0.890. The fraction of sp³-hybridized carbons (Fsp3) is 0.500. The van der Waals surface area contributed by atoms with Gasteiger partial charge in [-0.25, -0.2) is 4.39 Å². The number of hydrogen-bond donors (Lipinski definition) is 1. The molecule has 1 aliphatic rings. The van der Waals surface area contributed by atoms with Crippen molar-refractivity contribution in [2.24, 2.45) is 0 Å². The van der Waals surface area contributed by atoms with Gasteiger partial charge in [-0.15, -0.1) is 0 Å². The van der Waals surface area contributed by atoms with Crippen LogP contribution in [0.5, 0.6) is 0 Å². The molecule has 0 saturated carbocycles. The van der Waals surface area contributed by atoms with Crippen LogP contribution in [0.3, 0.4) is 0 Å². The van der Waals surface area contributed by atoms with E-state index in [2.05, 4.69) is 5.32 Å². The molecule has 1 nitrogen and oxygen atoms in total. The normalized spacial score (nSPS) is 23.1. The van der Waals surface area contributed by atoms with Gasteiger partial charge in [0.1, 0.15) is 5.82 Å². The maximum absolute atomic E-state index is 13.5. The topological polar surface area (TPSA) is 12.0 Å². The predicted octanol–water partition coefficient (Wildman–Crippen LogP) is 3.03. The first kappa shape index (κ1) is 9.66. The Bertz CT molecular complexity index is 290. The van der Waals surface area contributed by atoms with Gasteiger partial charge in [-0.05, 0) is 25.5 Å². The standard InChI is InChI=1S/C12H16FN/c13-11-7-4-3-6-10(11)12-8-2-1-5-9-14-12/h3-4,6-7,12,14H,1-2,5,8-9H2/t12-/m1/s1. The van der Waals surface area contributed by atoms with Crippen molar-refractivity contribution in [2.45, 2.75) is 31.7 Å². The number of rotatable bonds is 1. The van der Waals surface area contributed by atoms with Crippen LogP contribution in [0, 0.1) is 5.82 Å². The molecule has 0 aliphatic carbocycles. The van der Waals surface area contributed by atoms with Crippen molar-refractivity contribution in [1.29, 1.82) is 0 Å². The summed E-state index contributed by atoms with van der Waals surface area (Å²) in [5, 5.41) is 3.40. The largest absolute Gasteiger partial charge is 0.310 e. The van der Waals surface area contributed by atoms with Crippen LogP contribution in [-0.4, -0.2) is 6.54 Å². The second-order valence-corrected chi connectivity index (χ2v) is 3.88. The van der Waals surface area contributed by atoms with E-state index >= 15 is 0 Å². The monoisotopic (exact) mass is 193 g/mol. The van der Waals surface area contributed by atoms with Gasteiger partial charge in [0.15, 0.2) is 0 Å². The van der Waals surface area contributed by atoms with Gasteiger partial charge < -0.3 is 5.32 Å². The molecular formula is C12H16FN. The Morgan fingerprint density at radius 2 is 2.00 bits per heavy atom. The molecule has 1 aromatic rings. The molecule has 1 atom stereocenters. The smallest absolute Gasteiger partial charge is 0.127 e. The highest BCUT2D eigenvalue weighted by molar-refractivity contribution is 5.21. The number of nitrogens with one attached hydrogen (secondary N) is 1. The molecule has 2 heteroatoms. The van der Waals surface area contributed by atoms with E-state index < -0.39 is 0 Å². The zero-order chi connectivity index (χ0) is 9.80. The fourth-order valence-corrected chi connectivity index (χ4v) is 2.05. The van der Waals surface area contributed by atoms with Crippen LogP contribution in [0.4, 0.5) is 4.39 Å². The minimum absolute atomic E-state index is 0.0769. The molecule has 0 spiro atoms. The van der Waals surface area contributed by atoms with Gasteiger partial charge in [0.2, 0.25) is 0 Å². The second-order valence-electron chi connectivity index (χ2n) is 3.88. The summed E-state index contributed by atoms with van der Waals surface area (Å²) in [6, 6.07) is 7.31. The van der Waals surface area contributed by atoms with E-state index in [0.717, 1.165) is 18.5 Å². The molecule has 0 unspecified atom stereocenters. The Kier molecular flexibility index (Phi) is 3.14. The van der Waals surface area contributed by atoms with Gasteiger partial charge >= 0.3 is 0 Å². The molecule has 14 heavy (non-hydrogen) atoms. The van der Waals surface area contributed by atoms with Crippen molar-refractivity contribution in [3.05, 3.63) is 35.6 Å². The molecule has 1 fully saturated rings. The summed E-state index contributed by atoms with van der Waals surface area (Å²) in [5.74, 6) is -0.0769. The zero-order valence-corrected chi connectivity index (χ0v) is 8.30. The van der Waals surface area contributed by atoms with Crippen LogP contribution in [0.15, 0.2) is 24.3 Å². The molecule has 76 valence electrons. The molecule has 0 amide bonds. The fourth-order valence-electron chi connectivity index (χ4n) is 2.05. The van der Waals surface area contributed by atoms with E-state index in [0.29, 0.717) is 0 Å². The lowest BCUT2D eigenvalue weighted by atomic mass is 10.0. The van der Waals surface area contributed by atoms with Crippen molar-refractivity contribution < 1.29 is 4.39 Å². The molecule has 1 saturated heterocycles. The third kappa shape index (κ3) is 2.13. The summed E-state index contributed by atoms with van der Waals surface area (Å²) in [6.45, 7) is 1.01. The number of halogens is 1. The van der Waals surface area contributed by atoms with Crippen molar-refractivity contribution in [2.75, 3.05) is 6.54 Å². The van der Waals surface area contributed by atoms with Gasteiger partial charge in [0.25, 0.3) is 0 Å². The van der Waals surface area contributed by atoms with Crippen LogP contribution in [0.1, 0.15) is 37.3 Å².